The van der Waals surface area contributed by atoms with Crippen molar-refractivity contribution in [2.24, 2.45) is 7.05 Å². The van der Waals surface area contributed by atoms with Crippen LogP contribution >= 0.6 is 0 Å². The molecule has 16 heavy (non-hydrogen) atoms. The Hall–Kier alpha value is -1.68. The highest BCUT2D eigenvalue weighted by molar-refractivity contribution is 5.19. The molecule has 0 aromatic carbocycles. The van der Waals surface area contributed by atoms with Crippen molar-refractivity contribution in [2.45, 2.75) is 19.4 Å². The van der Waals surface area contributed by atoms with Gasteiger partial charge in [-0.1, -0.05) is 6.07 Å². The first-order chi connectivity index (χ1) is 7.66. The number of aryl methyl sites for hydroxylation is 2. The Morgan fingerprint density at radius 3 is 2.88 bits per heavy atom. The molecule has 0 aliphatic carbocycles. The lowest BCUT2D eigenvalue weighted by Gasteiger charge is -2.10. The molecule has 4 heteroatoms. The van der Waals surface area contributed by atoms with E-state index in [9.17, 15) is 5.11 Å². The van der Waals surface area contributed by atoms with Crippen LogP contribution in [0.15, 0.2) is 30.9 Å². The van der Waals surface area contributed by atoms with Gasteiger partial charge in [-0.05, 0) is 18.1 Å². The molecule has 1 unspecified atom stereocenters. The third-order valence-corrected chi connectivity index (χ3v) is 2.58. The fourth-order valence-corrected chi connectivity index (χ4v) is 1.64. The van der Waals surface area contributed by atoms with Crippen molar-refractivity contribution < 1.29 is 5.11 Å². The standard InChI is InChI=1S/C12H15N3O/c1-9-5-10(8-13-7-9)11(16)6-12-14-3-4-15(12)2/h3-5,7-8,11,16H,6H2,1-2H3. The van der Waals surface area contributed by atoms with Gasteiger partial charge in [-0.25, -0.2) is 4.98 Å². The SMILES string of the molecule is Cc1cncc(C(O)Cc2nccn2C)c1. The quantitative estimate of drug-likeness (QED) is 0.845. The summed E-state index contributed by atoms with van der Waals surface area (Å²) in [5.41, 5.74) is 1.89. The van der Waals surface area contributed by atoms with E-state index in [4.69, 9.17) is 0 Å². The largest absolute Gasteiger partial charge is 0.388 e. The van der Waals surface area contributed by atoms with Crippen LogP contribution in [0.5, 0.6) is 0 Å². The Bertz CT molecular complexity index is 479. The molecule has 0 bridgehead atoms. The second kappa shape index (κ2) is 4.45. The van der Waals surface area contributed by atoms with Gasteiger partial charge < -0.3 is 9.67 Å². The third kappa shape index (κ3) is 2.28. The molecule has 0 saturated heterocycles. The Morgan fingerprint density at radius 2 is 2.25 bits per heavy atom. The second-order valence-electron chi connectivity index (χ2n) is 3.97. The van der Waals surface area contributed by atoms with Crippen LogP contribution in [-0.4, -0.2) is 19.6 Å². The number of imidazole rings is 1. The van der Waals surface area contributed by atoms with Crippen LogP contribution in [0.25, 0.3) is 0 Å². The summed E-state index contributed by atoms with van der Waals surface area (Å²) in [6.45, 7) is 1.96. The topological polar surface area (TPSA) is 50.9 Å². The van der Waals surface area contributed by atoms with Gasteiger partial charge in [0.15, 0.2) is 0 Å². The molecule has 0 aliphatic heterocycles. The van der Waals surface area contributed by atoms with E-state index in [0.29, 0.717) is 6.42 Å². The fourth-order valence-electron chi connectivity index (χ4n) is 1.64. The van der Waals surface area contributed by atoms with Crippen molar-refractivity contribution in [1.29, 1.82) is 0 Å². The minimum atomic E-state index is -0.548. The minimum absolute atomic E-state index is 0.509. The lowest BCUT2D eigenvalue weighted by Crippen LogP contribution is -2.07. The van der Waals surface area contributed by atoms with Crippen molar-refractivity contribution in [2.75, 3.05) is 0 Å². The van der Waals surface area contributed by atoms with Crippen LogP contribution in [-0.2, 0) is 13.5 Å². The Kier molecular flexibility index (Phi) is 3.01. The smallest absolute Gasteiger partial charge is 0.111 e. The summed E-state index contributed by atoms with van der Waals surface area (Å²) in [4.78, 5) is 8.26. The van der Waals surface area contributed by atoms with Crippen LogP contribution in [0, 0.1) is 6.92 Å². The molecule has 0 saturated carbocycles. The van der Waals surface area contributed by atoms with Crippen LogP contribution < -0.4 is 0 Å². The molecule has 0 radical (unpaired) electrons. The summed E-state index contributed by atoms with van der Waals surface area (Å²) in [5, 5.41) is 10.0. The van der Waals surface area contributed by atoms with Crippen molar-refractivity contribution in [3.63, 3.8) is 0 Å². The van der Waals surface area contributed by atoms with Gasteiger partial charge in [0, 0.05) is 38.3 Å². The summed E-state index contributed by atoms with van der Waals surface area (Å²) >= 11 is 0. The molecular weight excluding hydrogens is 202 g/mol. The highest BCUT2D eigenvalue weighted by Crippen LogP contribution is 2.17. The van der Waals surface area contributed by atoms with Crippen LogP contribution in [0.2, 0.25) is 0 Å². The van der Waals surface area contributed by atoms with E-state index in [1.807, 2.05) is 30.8 Å². The molecule has 1 N–H and O–H groups in total. The van der Waals surface area contributed by atoms with Gasteiger partial charge in [-0.2, -0.15) is 0 Å². The Balaban J connectivity index is 2.14. The first-order valence-electron chi connectivity index (χ1n) is 5.22. The van der Waals surface area contributed by atoms with E-state index in [1.54, 1.807) is 18.6 Å². The first kappa shape index (κ1) is 10.8. The summed E-state index contributed by atoms with van der Waals surface area (Å²) in [6, 6.07) is 1.95. The number of rotatable bonds is 3. The summed E-state index contributed by atoms with van der Waals surface area (Å²) in [7, 11) is 1.92. The number of hydrogen-bond acceptors (Lipinski definition) is 3. The number of nitrogens with zero attached hydrogens (tertiary/aromatic N) is 3. The maximum absolute atomic E-state index is 10.0. The lowest BCUT2D eigenvalue weighted by molar-refractivity contribution is 0.174. The summed E-state index contributed by atoms with van der Waals surface area (Å²) < 4.78 is 1.91. The molecule has 2 aromatic rings. The van der Waals surface area contributed by atoms with E-state index in [0.717, 1.165) is 17.0 Å². The van der Waals surface area contributed by atoms with E-state index in [1.165, 1.54) is 0 Å². The zero-order valence-electron chi connectivity index (χ0n) is 9.46. The second-order valence-corrected chi connectivity index (χ2v) is 3.97. The number of aliphatic hydroxyl groups is 1. The predicted molar refractivity (Wildman–Crippen MR) is 60.8 cm³/mol. The van der Waals surface area contributed by atoms with Gasteiger partial charge in [-0.15, -0.1) is 0 Å². The molecule has 0 aliphatic rings. The molecule has 0 amide bonds. The Labute approximate surface area is 94.6 Å². The van der Waals surface area contributed by atoms with Gasteiger partial charge in [-0.3, -0.25) is 4.98 Å². The molecule has 0 fully saturated rings. The van der Waals surface area contributed by atoms with E-state index >= 15 is 0 Å². The van der Waals surface area contributed by atoms with Gasteiger partial charge in [0.1, 0.15) is 5.82 Å². The van der Waals surface area contributed by atoms with Gasteiger partial charge >= 0.3 is 0 Å². The summed E-state index contributed by atoms with van der Waals surface area (Å²) in [6.07, 6.45) is 7.03. The highest BCUT2D eigenvalue weighted by Gasteiger charge is 2.11. The van der Waals surface area contributed by atoms with Gasteiger partial charge in [0.05, 0.1) is 6.10 Å². The van der Waals surface area contributed by atoms with Crippen molar-refractivity contribution in [1.82, 2.24) is 14.5 Å². The van der Waals surface area contributed by atoms with Crippen LogP contribution in [0.4, 0.5) is 0 Å². The molecule has 2 heterocycles. The number of hydrogen-bond donors (Lipinski definition) is 1. The van der Waals surface area contributed by atoms with E-state index in [2.05, 4.69) is 9.97 Å². The molecule has 0 spiro atoms. The highest BCUT2D eigenvalue weighted by atomic mass is 16.3. The van der Waals surface area contributed by atoms with Gasteiger partial charge in [0.25, 0.3) is 0 Å². The minimum Gasteiger partial charge on any atom is -0.388 e. The monoisotopic (exact) mass is 217 g/mol. The lowest BCUT2D eigenvalue weighted by atomic mass is 10.1. The number of aromatic nitrogens is 3. The fraction of sp³-hybridized carbons (Fsp3) is 0.333. The predicted octanol–water partition coefficient (Wildman–Crippen LogP) is 1.40. The maximum Gasteiger partial charge on any atom is 0.111 e. The van der Waals surface area contributed by atoms with Crippen molar-refractivity contribution in [3.05, 3.63) is 47.8 Å². The van der Waals surface area contributed by atoms with E-state index in [-0.39, 0.29) is 0 Å². The van der Waals surface area contributed by atoms with Gasteiger partial charge in [0.2, 0.25) is 0 Å². The number of pyridine rings is 1. The molecule has 2 aromatic heterocycles. The molecular formula is C12H15N3O. The van der Waals surface area contributed by atoms with Crippen LogP contribution in [0.3, 0.4) is 0 Å². The molecule has 84 valence electrons. The molecule has 4 nitrogen and oxygen atoms in total. The Morgan fingerprint density at radius 1 is 1.44 bits per heavy atom. The van der Waals surface area contributed by atoms with E-state index < -0.39 is 6.10 Å². The third-order valence-electron chi connectivity index (χ3n) is 2.58. The summed E-state index contributed by atoms with van der Waals surface area (Å²) in [5.74, 6) is 0.869. The zero-order valence-corrected chi connectivity index (χ0v) is 9.46. The zero-order chi connectivity index (χ0) is 11.5. The molecule has 2 rings (SSSR count). The first-order valence-corrected chi connectivity index (χ1v) is 5.22. The van der Waals surface area contributed by atoms with Crippen molar-refractivity contribution >= 4 is 0 Å². The van der Waals surface area contributed by atoms with Crippen LogP contribution in [0.1, 0.15) is 23.1 Å². The molecule has 1 atom stereocenters. The number of aliphatic hydroxyl groups excluding tert-OH is 1. The maximum atomic E-state index is 10.0. The average molecular weight is 217 g/mol. The average Bonchev–Trinajstić information content (AvgIpc) is 2.64. The van der Waals surface area contributed by atoms with Crippen molar-refractivity contribution in [3.8, 4) is 0 Å². The normalized spacial score (nSPS) is 12.7.